The Morgan fingerprint density at radius 2 is 2.03 bits per heavy atom. The standard InChI is InChI=1S/C26H31ClFN5O/c1-16(5-19-7-23(30)33(15-29)12-22(19)28)10-32-13-26(14-32)8-17(9-26)6-18-3-4-21(27)24-20(18)11-31(2)25(24)34/h3-4,7,12,15-17,29-30H,5-6,8-11,13-14H2,1-2H3/t16-/m0/s1. The number of hydrogen-bond acceptors (Lipinski definition) is 4. The Morgan fingerprint density at radius 1 is 1.29 bits per heavy atom. The maximum Gasteiger partial charge on any atom is 0.255 e. The van der Waals surface area contributed by atoms with Gasteiger partial charge in [-0.05, 0) is 71.8 Å². The Balaban J connectivity index is 1.12. The van der Waals surface area contributed by atoms with Crippen molar-refractivity contribution in [1.82, 2.24) is 14.4 Å². The zero-order valence-electron chi connectivity index (χ0n) is 19.7. The minimum absolute atomic E-state index is 0.0268. The number of hydrogen-bond donors (Lipinski definition) is 2. The monoisotopic (exact) mass is 483 g/mol. The van der Waals surface area contributed by atoms with E-state index in [4.69, 9.17) is 22.4 Å². The average molecular weight is 484 g/mol. The normalized spacial score (nSPS) is 20.2. The van der Waals surface area contributed by atoms with Gasteiger partial charge < -0.3 is 9.80 Å². The van der Waals surface area contributed by atoms with E-state index in [0.29, 0.717) is 46.4 Å². The van der Waals surface area contributed by atoms with Crippen LogP contribution in [0.1, 0.15) is 46.8 Å². The number of benzene rings is 1. The van der Waals surface area contributed by atoms with E-state index in [1.807, 2.05) is 13.1 Å². The smallest absolute Gasteiger partial charge is 0.255 e. The topological polar surface area (TPSA) is 76.2 Å². The van der Waals surface area contributed by atoms with Crippen LogP contribution in [0, 0.1) is 33.9 Å². The summed E-state index contributed by atoms with van der Waals surface area (Å²) in [4.78, 5) is 16.6. The summed E-state index contributed by atoms with van der Waals surface area (Å²) in [5.41, 5.74) is 4.18. The largest absolute Gasteiger partial charge is 0.337 e. The fourth-order valence-electron chi connectivity index (χ4n) is 6.40. The van der Waals surface area contributed by atoms with E-state index >= 15 is 0 Å². The van der Waals surface area contributed by atoms with Crippen molar-refractivity contribution in [3.8, 4) is 0 Å². The molecule has 8 heteroatoms. The maximum absolute atomic E-state index is 14.3. The first kappa shape index (κ1) is 23.2. The van der Waals surface area contributed by atoms with Gasteiger partial charge in [0, 0.05) is 39.4 Å². The second kappa shape index (κ2) is 8.61. The van der Waals surface area contributed by atoms with Crippen LogP contribution < -0.4 is 5.49 Å². The SMILES string of the molecule is C[C@@H](Cc1cc(=N)n(C=N)cc1F)CN1CC2(CC(Cc3ccc(Cl)c4c3CN(C)C4=O)C2)C1. The summed E-state index contributed by atoms with van der Waals surface area (Å²) in [6.45, 7) is 5.91. The molecule has 1 saturated carbocycles. The number of rotatable bonds is 7. The molecule has 34 heavy (non-hydrogen) atoms. The van der Waals surface area contributed by atoms with Gasteiger partial charge in [0.15, 0.2) is 0 Å². The lowest BCUT2D eigenvalue weighted by Gasteiger charge is -2.60. The molecule has 1 aromatic carbocycles. The average Bonchev–Trinajstić information content (AvgIpc) is 3.04. The van der Waals surface area contributed by atoms with Gasteiger partial charge in [0.2, 0.25) is 0 Å². The molecule has 2 aliphatic heterocycles. The molecular weight excluding hydrogens is 453 g/mol. The summed E-state index contributed by atoms with van der Waals surface area (Å²) in [6.07, 6.45) is 6.21. The molecule has 0 unspecified atom stereocenters. The van der Waals surface area contributed by atoms with Gasteiger partial charge in [0.25, 0.3) is 5.91 Å². The van der Waals surface area contributed by atoms with Gasteiger partial charge in [-0.1, -0.05) is 24.6 Å². The lowest BCUT2D eigenvalue weighted by molar-refractivity contribution is -0.0981. The molecule has 1 spiro atoms. The number of fused-ring (bicyclic) bond motifs is 1. The molecule has 2 N–H and O–H groups in total. The number of nitrogens with zero attached hydrogens (tertiary/aromatic N) is 3. The van der Waals surface area contributed by atoms with Crippen LogP contribution in [0.25, 0.3) is 0 Å². The molecular formula is C26H31ClFN5O. The number of aromatic nitrogens is 1. The number of halogens is 2. The van der Waals surface area contributed by atoms with Crippen molar-refractivity contribution in [3.63, 3.8) is 0 Å². The van der Waals surface area contributed by atoms with Crippen LogP contribution >= 0.6 is 11.6 Å². The molecule has 6 nitrogen and oxygen atoms in total. The van der Waals surface area contributed by atoms with E-state index in [1.54, 1.807) is 4.90 Å². The van der Waals surface area contributed by atoms with E-state index in [2.05, 4.69) is 17.9 Å². The van der Waals surface area contributed by atoms with Gasteiger partial charge >= 0.3 is 0 Å². The minimum atomic E-state index is -0.352. The first-order valence-corrected chi connectivity index (χ1v) is 12.3. The summed E-state index contributed by atoms with van der Waals surface area (Å²) in [5, 5.41) is 15.7. The summed E-state index contributed by atoms with van der Waals surface area (Å²) in [5.74, 6) is 0.623. The predicted octanol–water partition coefficient (Wildman–Crippen LogP) is 3.93. The van der Waals surface area contributed by atoms with Crippen LogP contribution in [0.15, 0.2) is 24.4 Å². The molecule has 1 amide bonds. The van der Waals surface area contributed by atoms with Gasteiger partial charge in [0.1, 0.15) is 11.3 Å². The highest BCUT2D eigenvalue weighted by atomic mass is 35.5. The van der Waals surface area contributed by atoms with Crippen LogP contribution in [0.2, 0.25) is 5.02 Å². The number of amides is 1. The summed E-state index contributed by atoms with van der Waals surface area (Å²) >= 11 is 6.31. The Kier molecular flexibility index (Phi) is 5.89. The molecule has 1 aliphatic carbocycles. The summed E-state index contributed by atoms with van der Waals surface area (Å²) in [6, 6.07) is 5.50. The number of nitrogens with one attached hydrogen (secondary N) is 2. The van der Waals surface area contributed by atoms with Crippen LogP contribution in [0.5, 0.6) is 0 Å². The fourth-order valence-corrected chi connectivity index (χ4v) is 6.66. The lowest BCUT2D eigenvalue weighted by atomic mass is 9.56. The number of carbonyl (C=O) groups is 1. The van der Waals surface area contributed by atoms with Gasteiger partial charge in [0.05, 0.1) is 16.9 Å². The van der Waals surface area contributed by atoms with Crippen molar-refractivity contribution < 1.29 is 9.18 Å². The molecule has 5 rings (SSSR count). The molecule has 0 radical (unpaired) electrons. The molecule has 1 atom stereocenters. The van der Waals surface area contributed by atoms with Crippen molar-refractivity contribution in [1.29, 1.82) is 10.8 Å². The van der Waals surface area contributed by atoms with E-state index in [9.17, 15) is 9.18 Å². The molecule has 2 aromatic rings. The van der Waals surface area contributed by atoms with Crippen LogP contribution in [-0.4, -0.2) is 53.3 Å². The second-order valence-corrected chi connectivity index (χ2v) is 11.2. The Morgan fingerprint density at radius 3 is 2.74 bits per heavy atom. The third-order valence-electron chi connectivity index (χ3n) is 7.81. The van der Waals surface area contributed by atoms with Crippen molar-refractivity contribution in [2.24, 2.45) is 17.3 Å². The zero-order chi connectivity index (χ0) is 24.2. The first-order valence-electron chi connectivity index (χ1n) is 11.9. The maximum atomic E-state index is 14.3. The highest BCUT2D eigenvalue weighted by molar-refractivity contribution is 6.34. The number of carbonyl (C=O) groups excluding carboxylic acids is 1. The Hall–Kier alpha value is -2.51. The molecule has 1 saturated heterocycles. The quantitative estimate of drug-likeness (QED) is 0.462. The van der Waals surface area contributed by atoms with Crippen molar-refractivity contribution >= 4 is 23.8 Å². The third kappa shape index (κ3) is 4.09. The molecule has 180 valence electrons. The van der Waals surface area contributed by atoms with Crippen molar-refractivity contribution in [3.05, 3.63) is 63.0 Å². The van der Waals surface area contributed by atoms with Gasteiger partial charge in [-0.15, -0.1) is 0 Å². The van der Waals surface area contributed by atoms with Crippen LogP contribution in [0.3, 0.4) is 0 Å². The molecule has 3 heterocycles. The van der Waals surface area contributed by atoms with E-state index < -0.39 is 0 Å². The molecule has 1 aromatic heterocycles. The van der Waals surface area contributed by atoms with Gasteiger partial charge in [-0.3, -0.25) is 20.2 Å². The van der Waals surface area contributed by atoms with Crippen molar-refractivity contribution in [2.45, 2.75) is 39.2 Å². The Bertz CT molecular complexity index is 1210. The van der Waals surface area contributed by atoms with Crippen LogP contribution in [0.4, 0.5) is 4.39 Å². The highest BCUT2D eigenvalue weighted by Crippen LogP contribution is 2.53. The van der Waals surface area contributed by atoms with Gasteiger partial charge in [-0.2, -0.15) is 0 Å². The highest BCUT2D eigenvalue weighted by Gasteiger charge is 2.52. The molecule has 2 fully saturated rings. The molecule has 0 bridgehead atoms. The first-order chi connectivity index (χ1) is 16.2. The van der Waals surface area contributed by atoms with E-state index in [0.717, 1.165) is 38.0 Å². The number of likely N-dealkylation sites (tertiary alicyclic amines) is 1. The predicted molar refractivity (Wildman–Crippen MR) is 130 cm³/mol. The number of pyridine rings is 1. The van der Waals surface area contributed by atoms with E-state index in [1.165, 1.54) is 35.2 Å². The van der Waals surface area contributed by atoms with Crippen LogP contribution in [-0.2, 0) is 19.4 Å². The van der Waals surface area contributed by atoms with Crippen molar-refractivity contribution in [2.75, 3.05) is 26.7 Å². The summed E-state index contributed by atoms with van der Waals surface area (Å²) < 4.78 is 15.5. The molecule has 3 aliphatic rings. The van der Waals surface area contributed by atoms with Gasteiger partial charge in [-0.25, -0.2) is 4.39 Å². The fraction of sp³-hybridized carbons (Fsp3) is 0.500. The Labute approximate surface area is 204 Å². The summed E-state index contributed by atoms with van der Waals surface area (Å²) in [7, 11) is 1.83. The second-order valence-electron chi connectivity index (χ2n) is 10.7. The third-order valence-corrected chi connectivity index (χ3v) is 8.13. The minimum Gasteiger partial charge on any atom is -0.337 e. The van der Waals surface area contributed by atoms with E-state index in [-0.39, 0.29) is 17.2 Å². The zero-order valence-corrected chi connectivity index (χ0v) is 20.5. The lowest BCUT2D eigenvalue weighted by Crippen LogP contribution is -2.63.